The second-order valence-corrected chi connectivity index (χ2v) is 4.38. The van der Waals surface area contributed by atoms with Gasteiger partial charge < -0.3 is 20.7 Å². The summed E-state index contributed by atoms with van der Waals surface area (Å²) in [5, 5.41) is 2.98. The molecule has 17 heavy (non-hydrogen) atoms. The third kappa shape index (κ3) is 2.76. The number of nitrogens with two attached hydrogens (primary N) is 1. The van der Waals surface area contributed by atoms with Crippen LogP contribution in [-0.2, 0) is 4.74 Å². The Kier molecular flexibility index (Phi) is 3.33. The molecule has 6 heteroatoms. The van der Waals surface area contributed by atoms with Crippen LogP contribution >= 0.6 is 0 Å². The molecule has 1 aromatic heterocycles. The molecule has 1 aliphatic heterocycles. The number of hydrogen-bond donors (Lipinski definition) is 2. The van der Waals surface area contributed by atoms with Crippen molar-refractivity contribution in [1.29, 1.82) is 0 Å². The van der Waals surface area contributed by atoms with E-state index in [1.54, 1.807) is 0 Å². The monoisotopic (exact) mass is 237 g/mol. The lowest BCUT2D eigenvalue weighted by molar-refractivity contribution is -0.00545. The van der Waals surface area contributed by atoms with Crippen molar-refractivity contribution in [1.82, 2.24) is 9.97 Å². The van der Waals surface area contributed by atoms with E-state index in [-0.39, 0.29) is 12.2 Å². The van der Waals surface area contributed by atoms with Gasteiger partial charge >= 0.3 is 0 Å². The molecule has 0 aromatic carbocycles. The molecule has 0 saturated carbocycles. The van der Waals surface area contributed by atoms with Crippen LogP contribution in [0.25, 0.3) is 0 Å². The van der Waals surface area contributed by atoms with Gasteiger partial charge in [-0.05, 0) is 13.8 Å². The van der Waals surface area contributed by atoms with E-state index in [1.807, 2.05) is 13.1 Å². The number of nitrogen functional groups attached to an aromatic ring is 1. The zero-order chi connectivity index (χ0) is 12.4. The molecule has 94 valence electrons. The standard InChI is InChI=1S/C11H19N5O/c1-7-5-16(6-8(2)17-7)10-4-9(13-3)14-11(12)15-10/h4,7-8H,5-6H2,1-3H3,(H3,12,13,14,15). The zero-order valence-electron chi connectivity index (χ0n) is 10.5. The number of nitrogens with one attached hydrogen (secondary N) is 1. The number of rotatable bonds is 2. The molecular formula is C11H19N5O. The minimum absolute atomic E-state index is 0.202. The number of hydrogen-bond acceptors (Lipinski definition) is 6. The smallest absolute Gasteiger partial charge is 0.223 e. The van der Waals surface area contributed by atoms with Gasteiger partial charge in [-0.1, -0.05) is 0 Å². The number of nitrogens with zero attached hydrogens (tertiary/aromatic N) is 3. The van der Waals surface area contributed by atoms with E-state index in [9.17, 15) is 0 Å². The highest BCUT2D eigenvalue weighted by Crippen LogP contribution is 2.21. The van der Waals surface area contributed by atoms with Gasteiger partial charge in [0, 0.05) is 26.2 Å². The molecule has 0 spiro atoms. The van der Waals surface area contributed by atoms with Crippen molar-refractivity contribution >= 4 is 17.6 Å². The zero-order valence-corrected chi connectivity index (χ0v) is 10.5. The molecule has 1 aromatic rings. The Morgan fingerprint density at radius 2 is 2.00 bits per heavy atom. The summed E-state index contributed by atoms with van der Waals surface area (Å²) in [6, 6.07) is 1.90. The third-order valence-corrected chi connectivity index (χ3v) is 2.73. The van der Waals surface area contributed by atoms with Gasteiger partial charge in [-0.25, -0.2) is 0 Å². The Labute approximate surface area is 101 Å². The molecule has 0 radical (unpaired) electrons. The molecular weight excluding hydrogens is 218 g/mol. The average molecular weight is 237 g/mol. The van der Waals surface area contributed by atoms with Crippen molar-refractivity contribution in [2.75, 3.05) is 36.1 Å². The fraction of sp³-hybridized carbons (Fsp3) is 0.636. The molecule has 2 rings (SSSR count). The van der Waals surface area contributed by atoms with Crippen molar-refractivity contribution in [3.8, 4) is 0 Å². The first-order valence-corrected chi connectivity index (χ1v) is 5.81. The van der Waals surface area contributed by atoms with Gasteiger partial charge in [0.2, 0.25) is 5.95 Å². The van der Waals surface area contributed by atoms with E-state index in [1.165, 1.54) is 0 Å². The summed E-state index contributed by atoms with van der Waals surface area (Å²) in [4.78, 5) is 10.5. The minimum atomic E-state index is 0.202. The first-order chi connectivity index (χ1) is 8.08. The molecule has 0 bridgehead atoms. The summed E-state index contributed by atoms with van der Waals surface area (Å²) in [7, 11) is 1.82. The van der Waals surface area contributed by atoms with Crippen LogP contribution in [0.3, 0.4) is 0 Å². The summed E-state index contributed by atoms with van der Waals surface area (Å²) in [5.74, 6) is 1.88. The van der Waals surface area contributed by atoms with Gasteiger partial charge in [0.25, 0.3) is 0 Å². The summed E-state index contributed by atoms with van der Waals surface area (Å²) in [6.45, 7) is 5.77. The van der Waals surface area contributed by atoms with Crippen LogP contribution in [0.15, 0.2) is 6.07 Å². The van der Waals surface area contributed by atoms with Crippen LogP contribution in [0.2, 0.25) is 0 Å². The Bertz CT molecular complexity index is 387. The number of morpholine rings is 1. The predicted molar refractivity (Wildman–Crippen MR) is 68.2 cm³/mol. The van der Waals surface area contributed by atoms with E-state index >= 15 is 0 Å². The van der Waals surface area contributed by atoms with E-state index < -0.39 is 0 Å². The molecule has 1 aliphatic rings. The van der Waals surface area contributed by atoms with E-state index in [0.717, 1.165) is 24.7 Å². The third-order valence-electron chi connectivity index (χ3n) is 2.73. The predicted octanol–water partition coefficient (Wildman–Crippen LogP) is 0.714. The van der Waals surface area contributed by atoms with Crippen molar-refractivity contribution < 1.29 is 4.74 Å². The lowest BCUT2D eigenvalue weighted by atomic mass is 10.2. The SMILES string of the molecule is CNc1cc(N2CC(C)OC(C)C2)nc(N)n1. The molecule has 3 N–H and O–H groups in total. The topological polar surface area (TPSA) is 76.3 Å². The van der Waals surface area contributed by atoms with Crippen molar-refractivity contribution in [3.05, 3.63) is 6.07 Å². The van der Waals surface area contributed by atoms with Crippen LogP contribution in [-0.4, -0.2) is 42.3 Å². The van der Waals surface area contributed by atoms with Gasteiger partial charge in [-0.15, -0.1) is 0 Å². The first-order valence-electron chi connectivity index (χ1n) is 5.81. The van der Waals surface area contributed by atoms with Crippen LogP contribution < -0.4 is 16.0 Å². The fourth-order valence-corrected chi connectivity index (χ4v) is 2.11. The largest absolute Gasteiger partial charge is 0.373 e. The molecule has 2 heterocycles. The number of aromatic nitrogens is 2. The molecule has 2 atom stereocenters. The second kappa shape index (κ2) is 4.75. The summed E-state index contributed by atoms with van der Waals surface area (Å²) in [5.41, 5.74) is 5.69. The minimum Gasteiger partial charge on any atom is -0.373 e. The Morgan fingerprint density at radius 1 is 1.35 bits per heavy atom. The molecule has 2 unspecified atom stereocenters. The first kappa shape index (κ1) is 11.9. The van der Waals surface area contributed by atoms with Gasteiger partial charge in [-0.3, -0.25) is 0 Å². The Hall–Kier alpha value is -1.56. The maximum Gasteiger partial charge on any atom is 0.223 e. The highest BCUT2D eigenvalue weighted by molar-refractivity contribution is 5.52. The van der Waals surface area contributed by atoms with Crippen LogP contribution in [0.1, 0.15) is 13.8 Å². The molecule has 1 fully saturated rings. The number of anilines is 3. The van der Waals surface area contributed by atoms with Gasteiger partial charge in [-0.2, -0.15) is 9.97 Å². The molecule has 1 saturated heterocycles. The molecule has 6 nitrogen and oxygen atoms in total. The van der Waals surface area contributed by atoms with E-state index in [0.29, 0.717) is 5.95 Å². The number of ether oxygens (including phenoxy) is 1. The Morgan fingerprint density at radius 3 is 2.59 bits per heavy atom. The maximum absolute atomic E-state index is 5.69. The maximum atomic E-state index is 5.69. The lowest BCUT2D eigenvalue weighted by Crippen LogP contribution is -2.45. The van der Waals surface area contributed by atoms with Crippen molar-refractivity contribution in [2.24, 2.45) is 0 Å². The highest BCUT2D eigenvalue weighted by Gasteiger charge is 2.23. The van der Waals surface area contributed by atoms with Crippen LogP contribution in [0.5, 0.6) is 0 Å². The molecule has 0 amide bonds. The second-order valence-electron chi connectivity index (χ2n) is 4.38. The van der Waals surface area contributed by atoms with Gasteiger partial charge in [0.1, 0.15) is 11.6 Å². The average Bonchev–Trinajstić information content (AvgIpc) is 2.26. The highest BCUT2D eigenvalue weighted by atomic mass is 16.5. The van der Waals surface area contributed by atoms with E-state index in [2.05, 4.69) is 34.0 Å². The van der Waals surface area contributed by atoms with Crippen molar-refractivity contribution in [2.45, 2.75) is 26.1 Å². The van der Waals surface area contributed by atoms with Crippen LogP contribution in [0.4, 0.5) is 17.6 Å². The Balaban J connectivity index is 2.23. The quantitative estimate of drug-likeness (QED) is 0.789. The van der Waals surface area contributed by atoms with Crippen molar-refractivity contribution in [3.63, 3.8) is 0 Å². The normalized spacial score (nSPS) is 24.8. The van der Waals surface area contributed by atoms with E-state index in [4.69, 9.17) is 10.5 Å². The molecule has 0 aliphatic carbocycles. The summed E-state index contributed by atoms with van der Waals surface area (Å²) >= 11 is 0. The summed E-state index contributed by atoms with van der Waals surface area (Å²) in [6.07, 6.45) is 0.404. The van der Waals surface area contributed by atoms with Gasteiger partial charge in [0.05, 0.1) is 12.2 Å². The summed E-state index contributed by atoms with van der Waals surface area (Å²) < 4.78 is 5.69. The van der Waals surface area contributed by atoms with Gasteiger partial charge in [0.15, 0.2) is 0 Å². The lowest BCUT2D eigenvalue weighted by Gasteiger charge is -2.36. The fourth-order valence-electron chi connectivity index (χ4n) is 2.11. The van der Waals surface area contributed by atoms with Crippen LogP contribution in [0, 0.1) is 0 Å².